The molecule has 3 N–H and O–H groups in total. The summed E-state index contributed by atoms with van der Waals surface area (Å²) in [4.78, 5) is 11.1. The van der Waals surface area contributed by atoms with Gasteiger partial charge in [0.15, 0.2) is 0 Å². The van der Waals surface area contributed by atoms with Crippen molar-refractivity contribution in [3.63, 3.8) is 0 Å². The van der Waals surface area contributed by atoms with Gasteiger partial charge in [0, 0.05) is 10.2 Å². The number of esters is 1. The maximum absolute atomic E-state index is 11.9. The number of anilines is 1. The van der Waals surface area contributed by atoms with Gasteiger partial charge in [-0.1, -0.05) is 0 Å². The van der Waals surface area contributed by atoms with Crippen LogP contribution in [0.25, 0.3) is 0 Å². The number of nitrogen functional groups attached to an aromatic ring is 1. The van der Waals surface area contributed by atoms with E-state index in [1.54, 1.807) is 6.92 Å². The van der Waals surface area contributed by atoms with E-state index >= 15 is 0 Å². The Bertz CT molecular complexity index is 545. The van der Waals surface area contributed by atoms with Gasteiger partial charge in [-0.3, -0.25) is 4.79 Å². The summed E-state index contributed by atoms with van der Waals surface area (Å²) in [7, 11) is -3.77. The van der Waals surface area contributed by atoms with E-state index in [1.807, 2.05) is 0 Å². The van der Waals surface area contributed by atoms with E-state index in [0.29, 0.717) is 10.2 Å². The summed E-state index contributed by atoms with van der Waals surface area (Å²) in [5.74, 6) is -0.632. The fourth-order valence-electron chi connectivity index (χ4n) is 1.18. The van der Waals surface area contributed by atoms with Gasteiger partial charge in [-0.2, -0.15) is 4.72 Å². The topological polar surface area (TPSA) is 98.5 Å². The van der Waals surface area contributed by atoms with Crippen LogP contribution in [0, 0.1) is 0 Å². The van der Waals surface area contributed by atoms with Crippen molar-refractivity contribution < 1.29 is 17.9 Å². The van der Waals surface area contributed by atoms with Gasteiger partial charge in [-0.05, 0) is 41.1 Å². The van der Waals surface area contributed by atoms with Gasteiger partial charge in [0.1, 0.15) is 6.54 Å². The summed E-state index contributed by atoms with van der Waals surface area (Å²) in [6.45, 7) is 1.43. The maximum Gasteiger partial charge on any atom is 0.321 e. The largest absolute Gasteiger partial charge is 0.465 e. The predicted octanol–water partition coefficient (Wildman–Crippen LogP) is 0.873. The van der Waals surface area contributed by atoms with Crippen LogP contribution in [0.15, 0.2) is 27.6 Å². The number of carbonyl (C=O) groups excluding carboxylic acids is 1. The molecule has 1 aromatic carbocycles. The first-order valence-corrected chi connectivity index (χ1v) is 7.34. The smallest absolute Gasteiger partial charge is 0.321 e. The lowest BCUT2D eigenvalue weighted by Crippen LogP contribution is -2.30. The zero-order chi connectivity index (χ0) is 13.8. The highest BCUT2D eigenvalue weighted by Crippen LogP contribution is 2.23. The Morgan fingerprint density at radius 1 is 1.50 bits per heavy atom. The van der Waals surface area contributed by atoms with Crippen molar-refractivity contribution in [3.05, 3.63) is 22.7 Å². The summed E-state index contributed by atoms with van der Waals surface area (Å²) >= 11 is 3.11. The number of nitrogens with one attached hydrogen (secondary N) is 1. The lowest BCUT2D eigenvalue weighted by atomic mass is 10.3. The number of hydrogen-bond acceptors (Lipinski definition) is 5. The second-order valence-electron chi connectivity index (χ2n) is 3.32. The minimum absolute atomic E-state index is 0.0148. The standard InChI is InChI=1S/C10H13BrN2O4S/c1-2-17-10(14)6-13-18(15,16)9-4-3-7(12)5-8(9)11/h3-5,13H,2,6,12H2,1H3. The average molecular weight is 337 g/mol. The third-order valence-electron chi connectivity index (χ3n) is 1.96. The molecule has 0 spiro atoms. The van der Waals surface area contributed by atoms with Gasteiger partial charge < -0.3 is 10.5 Å². The maximum atomic E-state index is 11.9. The number of nitrogens with two attached hydrogens (primary N) is 1. The molecule has 0 aliphatic carbocycles. The van der Waals surface area contributed by atoms with Crippen LogP contribution in [-0.2, 0) is 19.6 Å². The first-order valence-electron chi connectivity index (χ1n) is 5.07. The Morgan fingerprint density at radius 3 is 2.72 bits per heavy atom. The van der Waals surface area contributed by atoms with Crippen molar-refractivity contribution in [3.8, 4) is 0 Å². The molecular weight excluding hydrogens is 324 g/mol. The Kier molecular flexibility index (Phi) is 5.12. The van der Waals surface area contributed by atoms with Gasteiger partial charge in [-0.15, -0.1) is 0 Å². The van der Waals surface area contributed by atoms with Crippen molar-refractivity contribution in [2.75, 3.05) is 18.9 Å². The molecule has 0 fully saturated rings. The Balaban J connectivity index is 2.83. The van der Waals surface area contributed by atoms with Crippen LogP contribution in [0.3, 0.4) is 0 Å². The van der Waals surface area contributed by atoms with Crippen molar-refractivity contribution in [2.24, 2.45) is 0 Å². The summed E-state index contributed by atoms with van der Waals surface area (Å²) < 4.78 is 30.9. The van der Waals surface area contributed by atoms with Crippen LogP contribution < -0.4 is 10.5 Å². The first-order chi connectivity index (χ1) is 8.36. The lowest BCUT2D eigenvalue weighted by Gasteiger charge is -2.08. The highest BCUT2D eigenvalue weighted by molar-refractivity contribution is 9.10. The van der Waals surface area contributed by atoms with Gasteiger partial charge in [-0.25, -0.2) is 8.42 Å². The summed E-state index contributed by atoms with van der Waals surface area (Å²) in [6.07, 6.45) is 0. The predicted molar refractivity (Wildman–Crippen MR) is 70.4 cm³/mol. The number of hydrogen-bond donors (Lipinski definition) is 2. The molecule has 0 bridgehead atoms. The quantitative estimate of drug-likeness (QED) is 0.614. The Morgan fingerprint density at radius 2 is 2.17 bits per heavy atom. The molecule has 18 heavy (non-hydrogen) atoms. The zero-order valence-electron chi connectivity index (χ0n) is 9.64. The molecule has 100 valence electrons. The molecule has 0 aliphatic heterocycles. The molecule has 8 heteroatoms. The fraction of sp³-hybridized carbons (Fsp3) is 0.300. The summed E-state index contributed by atoms with van der Waals surface area (Å²) in [6, 6.07) is 4.29. The monoisotopic (exact) mass is 336 g/mol. The molecule has 1 aromatic rings. The van der Waals surface area contributed by atoms with Crippen LogP contribution in [0.2, 0.25) is 0 Å². The molecule has 6 nitrogen and oxygen atoms in total. The van der Waals surface area contributed by atoms with E-state index in [-0.39, 0.29) is 11.5 Å². The molecule has 0 saturated heterocycles. The van der Waals surface area contributed by atoms with E-state index < -0.39 is 22.5 Å². The van der Waals surface area contributed by atoms with E-state index in [9.17, 15) is 13.2 Å². The summed E-state index contributed by atoms with van der Waals surface area (Å²) in [5, 5.41) is 0. The number of carbonyl (C=O) groups is 1. The van der Waals surface area contributed by atoms with E-state index in [2.05, 4.69) is 25.4 Å². The van der Waals surface area contributed by atoms with Crippen LogP contribution in [0.4, 0.5) is 5.69 Å². The van der Waals surface area contributed by atoms with E-state index in [0.717, 1.165) is 0 Å². The number of ether oxygens (including phenoxy) is 1. The Hall–Kier alpha value is -1.12. The molecule has 1 rings (SSSR count). The molecule has 0 amide bonds. The number of rotatable bonds is 5. The number of benzene rings is 1. The fourth-order valence-corrected chi connectivity index (χ4v) is 3.24. The van der Waals surface area contributed by atoms with Crippen LogP contribution in [-0.4, -0.2) is 27.5 Å². The van der Waals surface area contributed by atoms with Gasteiger partial charge in [0.05, 0.1) is 11.5 Å². The van der Waals surface area contributed by atoms with Crippen LogP contribution in [0.5, 0.6) is 0 Å². The molecule has 0 radical (unpaired) electrons. The first kappa shape index (κ1) is 14.9. The SMILES string of the molecule is CCOC(=O)CNS(=O)(=O)c1ccc(N)cc1Br. The molecule has 0 aliphatic rings. The molecule has 0 aromatic heterocycles. The van der Waals surface area contributed by atoms with Crippen LogP contribution >= 0.6 is 15.9 Å². The third kappa shape index (κ3) is 3.97. The zero-order valence-corrected chi connectivity index (χ0v) is 12.0. The second-order valence-corrected chi connectivity index (χ2v) is 5.91. The second kappa shape index (κ2) is 6.17. The molecule has 0 unspecified atom stereocenters. The van der Waals surface area contributed by atoms with E-state index in [4.69, 9.17) is 5.73 Å². The minimum Gasteiger partial charge on any atom is -0.465 e. The third-order valence-corrected chi connectivity index (χ3v) is 4.34. The van der Waals surface area contributed by atoms with Gasteiger partial charge >= 0.3 is 5.97 Å². The number of sulfonamides is 1. The molecular formula is C10H13BrN2O4S. The average Bonchev–Trinajstić information content (AvgIpc) is 2.26. The van der Waals surface area contributed by atoms with Gasteiger partial charge in [0.2, 0.25) is 10.0 Å². The van der Waals surface area contributed by atoms with Crippen molar-refractivity contribution >= 4 is 37.6 Å². The normalized spacial score (nSPS) is 11.2. The molecule has 0 heterocycles. The van der Waals surface area contributed by atoms with Crippen molar-refractivity contribution in [1.29, 1.82) is 0 Å². The van der Waals surface area contributed by atoms with Gasteiger partial charge in [0.25, 0.3) is 0 Å². The van der Waals surface area contributed by atoms with E-state index in [1.165, 1.54) is 18.2 Å². The minimum atomic E-state index is -3.77. The lowest BCUT2D eigenvalue weighted by molar-refractivity contribution is -0.141. The highest BCUT2D eigenvalue weighted by Gasteiger charge is 2.18. The number of halogens is 1. The highest BCUT2D eigenvalue weighted by atomic mass is 79.9. The summed E-state index contributed by atoms with van der Waals surface area (Å²) in [5.41, 5.74) is 5.95. The van der Waals surface area contributed by atoms with Crippen molar-refractivity contribution in [2.45, 2.75) is 11.8 Å². The molecule has 0 atom stereocenters. The van der Waals surface area contributed by atoms with Crippen LogP contribution in [0.1, 0.15) is 6.92 Å². The molecule has 0 saturated carbocycles. The van der Waals surface area contributed by atoms with Crippen molar-refractivity contribution in [1.82, 2.24) is 4.72 Å². The Labute approximate surface area is 114 Å².